The number of amides is 1. The zero-order valence-electron chi connectivity index (χ0n) is 17.3. The molecule has 5 N–H and O–H groups in total. The van der Waals surface area contributed by atoms with Gasteiger partial charge in [0.05, 0.1) is 19.1 Å². The minimum absolute atomic E-state index is 0.151. The summed E-state index contributed by atoms with van der Waals surface area (Å²) in [6.07, 6.45) is 2.39. The van der Waals surface area contributed by atoms with Crippen molar-refractivity contribution in [3.63, 3.8) is 0 Å². The standard InChI is InChI=1S/C24H26N2O4S/c1-31(30)23-12-8-20(9-13-23)19-6-2-17(3-7-19)14-22(16-27)25-24(28)15-18-4-10-21(26-29)11-5-18/h2-13,22,26-27,29H,14-16H2,1H3,(H,25,28)/p+1. The number of aliphatic hydroxyl groups excluding tert-OH is 1. The summed E-state index contributed by atoms with van der Waals surface area (Å²) < 4.78 is 11.5. The number of hydrogen-bond acceptors (Lipinski definition) is 4. The first kappa shape index (κ1) is 22.8. The van der Waals surface area contributed by atoms with Gasteiger partial charge >= 0.3 is 0 Å². The van der Waals surface area contributed by atoms with Crippen LogP contribution in [0.3, 0.4) is 0 Å². The van der Waals surface area contributed by atoms with Crippen molar-refractivity contribution in [2.75, 3.05) is 12.9 Å². The maximum atomic E-state index is 12.3. The molecule has 0 fully saturated rings. The second-order valence-corrected chi connectivity index (χ2v) is 8.75. The van der Waals surface area contributed by atoms with Crippen molar-refractivity contribution in [1.29, 1.82) is 0 Å². The molecule has 0 bridgehead atoms. The molecule has 6 nitrogen and oxygen atoms in total. The van der Waals surface area contributed by atoms with E-state index < -0.39 is 10.8 Å². The average Bonchev–Trinajstić information content (AvgIpc) is 2.79. The number of carbonyl (C=O) groups excluding carboxylic acids is 1. The van der Waals surface area contributed by atoms with Crippen LogP contribution in [0.2, 0.25) is 0 Å². The summed E-state index contributed by atoms with van der Waals surface area (Å²) in [4.78, 5) is 13.1. The van der Waals surface area contributed by atoms with Crippen molar-refractivity contribution in [3.8, 4) is 11.1 Å². The molecule has 3 aromatic rings. The predicted octanol–water partition coefficient (Wildman–Crippen LogP) is 1.94. The number of hydrogen-bond donors (Lipinski definition) is 4. The third-order valence-electron chi connectivity index (χ3n) is 5.03. The van der Waals surface area contributed by atoms with Gasteiger partial charge in [-0.2, -0.15) is 5.48 Å². The fraction of sp³-hybridized carbons (Fsp3) is 0.208. The Labute approximate surface area is 184 Å². The minimum Gasteiger partial charge on any atom is -0.394 e. The average molecular weight is 440 g/mol. The number of nitrogens with two attached hydrogens (primary N) is 1. The van der Waals surface area contributed by atoms with Gasteiger partial charge in [0.25, 0.3) is 0 Å². The number of rotatable bonds is 9. The molecule has 2 atom stereocenters. The van der Waals surface area contributed by atoms with Gasteiger partial charge in [-0.3, -0.25) is 9.00 Å². The maximum Gasteiger partial charge on any atom is 0.224 e. The molecule has 0 saturated heterocycles. The monoisotopic (exact) mass is 439 g/mol. The molecule has 0 aliphatic carbocycles. The van der Waals surface area contributed by atoms with Crippen molar-refractivity contribution in [2.24, 2.45) is 0 Å². The van der Waals surface area contributed by atoms with Crippen LogP contribution in [0.5, 0.6) is 0 Å². The van der Waals surface area contributed by atoms with Crippen LogP contribution in [0.4, 0.5) is 5.69 Å². The summed E-state index contributed by atoms with van der Waals surface area (Å²) >= 11 is 0. The van der Waals surface area contributed by atoms with Gasteiger partial charge in [0.1, 0.15) is 0 Å². The normalized spacial score (nSPS) is 12.9. The third-order valence-corrected chi connectivity index (χ3v) is 5.97. The van der Waals surface area contributed by atoms with E-state index in [1.807, 2.05) is 48.5 Å². The Hall–Kier alpha value is -2.84. The van der Waals surface area contributed by atoms with Crippen molar-refractivity contribution in [3.05, 3.63) is 83.9 Å². The van der Waals surface area contributed by atoms with Crippen LogP contribution >= 0.6 is 0 Å². The van der Waals surface area contributed by atoms with Gasteiger partial charge in [-0.15, -0.1) is 0 Å². The lowest BCUT2D eigenvalue weighted by Crippen LogP contribution is -2.73. The van der Waals surface area contributed by atoms with Crippen molar-refractivity contribution in [2.45, 2.75) is 23.8 Å². The summed E-state index contributed by atoms with van der Waals surface area (Å²) in [5.74, 6) is -0.162. The van der Waals surface area contributed by atoms with E-state index in [9.17, 15) is 14.1 Å². The van der Waals surface area contributed by atoms with Crippen LogP contribution in [0, 0.1) is 0 Å². The fourth-order valence-corrected chi connectivity index (χ4v) is 3.82. The van der Waals surface area contributed by atoms with Gasteiger partial charge in [0, 0.05) is 34.1 Å². The lowest BCUT2D eigenvalue weighted by molar-refractivity contribution is -0.825. The molecule has 7 heteroatoms. The molecule has 0 radical (unpaired) electrons. The van der Waals surface area contributed by atoms with E-state index in [-0.39, 0.29) is 25.0 Å². The highest BCUT2D eigenvalue weighted by Crippen LogP contribution is 2.21. The Balaban J connectivity index is 1.58. The Kier molecular flexibility index (Phi) is 8.08. The zero-order valence-corrected chi connectivity index (χ0v) is 18.1. The van der Waals surface area contributed by atoms with E-state index in [0.717, 1.165) is 32.6 Å². The molecule has 0 aromatic heterocycles. The van der Waals surface area contributed by atoms with Crippen LogP contribution in [-0.2, 0) is 28.4 Å². The Morgan fingerprint density at radius 1 is 0.935 bits per heavy atom. The van der Waals surface area contributed by atoms with Crippen molar-refractivity contribution >= 4 is 22.4 Å². The highest BCUT2D eigenvalue weighted by molar-refractivity contribution is 7.84. The quantitative estimate of drug-likeness (QED) is 0.302. The summed E-state index contributed by atoms with van der Waals surface area (Å²) in [5, 5.41) is 21.6. The van der Waals surface area contributed by atoms with Crippen LogP contribution in [-0.4, -0.2) is 39.3 Å². The molecule has 3 aromatic carbocycles. The second-order valence-electron chi connectivity index (χ2n) is 7.37. The smallest absolute Gasteiger partial charge is 0.224 e. The van der Waals surface area contributed by atoms with E-state index >= 15 is 0 Å². The van der Waals surface area contributed by atoms with E-state index in [1.54, 1.807) is 30.5 Å². The van der Waals surface area contributed by atoms with Gasteiger partial charge in [0.2, 0.25) is 5.91 Å². The first-order valence-corrected chi connectivity index (χ1v) is 11.5. The molecule has 0 saturated carbocycles. The summed E-state index contributed by atoms with van der Waals surface area (Å²) in [6.45, 7) is -0.151. The number of nitrogens with one attached hydrogen (secondary N) is 1. The molecular formula is C24H27N2O4S+. The van der Waals surface area contributed by atoms with Crippen molar-refractivity contribution < 1.29 is 24.8 Å². The lowest BCUT2D eigenvalue weighted by Gasteiger charge is -2.17. The predicted molar refractivity (Wildman–Crippen MR) is 120 cm³/mol. The number of benzene rings is 3. The molecular weight excluding hydrogens is 412 g/mol. The van der Waals surface area contributed by atoms with Gasteiger partial charge in [-0.05, 0) is 40.8 Å². The lowest BCUT2D eigenvalue weighted by atomic mass is 10.0. The van der Waals surface area contributed by atoms with Gasteiger partial charge in [0.15, 0.2) is 5.69 Å². The first-order valence-electron chi connectivity index (χ1n) is 9.98. The number of carbonyl (C=O) groups is 1. The van der Waals surface area contributed by atoms with Gasteiger partial charge in [-0.1, -0.05) is 48.5 Å². The number of aliphatic hydroxyl groups is 1. The number of quaternary nitrogens is 1. The van der Waals surface area contributed by atoms with Gasteiger partial charge in [-0.25, -0.2) is 5.21 Å². The topological polar surface area (TPSA) is 103 Å². The van der Waals surface area contributed by atoms with E-state index in [0.29, 0.717) is 12.1 Å². The zero-order chi connectivity index (χ0) is 22.2. The molecule has 2 unspecified atom stereocenters. The van der Waals surface area contributed by atoms with Crippen LogP contribution in [0.1, 0.15) is 11.1 Å². The van der Waals surface area contributed by atoms with Crippen LogP contribution < -0.4 is 10.8 Å². The maximum absolute atomic E-state index is 12.3. The molecule has 0 aliphatic heterocycles. The summed E-state index contributed by atoms with van der Waals surface area (Å²) in [7, 11) is -0.995. The van der Waals surface area contributed by atoms with E-state index in [4.69, 9.17) is 5.21 Å². The molecule has 31 heavy (non-hydrogen) atoms. The highest BCUT2D eigenvalue weighted by atomic mass is 32.2. The Morgan fingerprint density at radius 2 is 1.48 bits per heavy atom. The van der Waals surface area contributed by atoms with Crippen LogP contribution in [0.25, 0.3) is 11.1 Å². The highest BCUT2D eigenvalue weighted by Gasteiger charge is 2.13. The van der Waals surface area contributed by atoms with Crippen LogP contribution in [0.15, 0.2) is 77.7 Å². The molecule has 0 aliphatic rings. The molecule has 0 heterocycles. The second kappa shape index (κ2) is 11.0. The summed E-state index contributed by atoms with van der Waals surface area (Å²) in [5.41, 5.74) is 5.62. The fourth-order valence-electron chi connectivity index (χ4n) is 3.30. The Morgan fingerprint density at radius 3 is 2.00 bits per heavy atom. The molecule has 162 valence electrons. The van der Waals surface area contributed by atoms with E-state index in [2.05, 4.69) is 5.32 Å². The summed E-state index contributed by atoms with van der Waals surface area (Å²) in [6, 6.07) is 22.3. The Bertz CT molecular complexity index is 1020. The first-order chi connectivity index (χ1) is 15.0. The SMILES string of the molecule is CS(=O)c1ccc(-c2ccc(CC(CO)NC(=O)Cc3ccc([NH2+]O)cc3)cc2)cc1. The third kappa shape index (κ3) is 6.57. The van der Waals surface area contributed by atoms with E-state index in [1.165, 1.54) is 0 Å². The molecule has 3 rings (SSSR count). The minimum atomic E-state index is -0.995. The van der Waals surface area contributed by atoms with Crippen molar-refractivity contribution in [1.82, 2.24) is 5.32 Å². The molecule has 0 spiro atoms. The molecule has 1 amide bonds. The largest absolute Gasteiger partial charge is 0.394 e. The van der Waals surface area contributed by atoms with Gasteiger partial charge < -0.3 is 10.4 Å².